The fraction of sp³-hybridized carbons (Fsp3) is 0.333. The van der Waals surface area contributed by atoms with Crippen molar-refractivity contribution in [2.45, 2.75) is 13.3 Å². The standard InChI is InChI=1S/C9H12NO/c1-2-8-10-11-9-6-4-3-5-7-9/h3-7H,2,8H2,1H3. The first-order valence-electron chi connectivity index (χ1n) is 3.82. The van der Waals surface area contributed by atoms with Crippen molar-refractivity contribution < 1.29 is 4.84 Å². The van der Waals surface area contributed by atoms with E-state index in [1.807, 2.05) is 30.3 Å². The lowest BCUT2D eigenvalue weighted by molar-refractivity contribution is 0.186. The highest BCUT2D eigenvalue weighted by molar-refractivity contribution is 5.20. The molecular formula is C9H12NO. The molecule has 0 aromatic heterocycles. The summed E-state index contributed by atoms with van der Waals surface area (Å²) >= 11 is 0. The quantitative estimate of drug-likeness (QED) is 0.475. The van der Waals surface area contributed by atoms with Crippen LogP contribution in [0.2, 0.25) is 0 Å². The predicted octanol–water partition coefficient (Wildman–Crippen LogP) is 1.99. The summed E-state index contributed by atoms with van der Waals surface area (Å²) in [5.41, 5.74) is 3.86. The highest BCUT2D eigenvalue weighted by Gasteiger charge is 1.89. The molecule has 0 saturated carbocycles. The molecule has 0 spiro atoms. The van der Waals surface area contributed by atoms with Gasteiger partial charge in [-0.1, -0.05) is 25.1 Å². The number of rotatable bonds is 4. The number of nitrogens with zero attached hydrogens (tertiary/aromatic N) is 1. The van der Waals surface area contributed by atoms with Gasteiger partial charge in [-0.05, 0) is 24.0 Å². The zero-order chi connectivity index (χ0) is 7.94. The molecule has 1 rings (SSSR count). The van der Waals surface area contributed by atoms with Crippen LogP contribution in [-0.2, 0) is 0 Å². The Balaban J connectivity index is 2.28. The Morgan fingerprint density at radius 1 is 1.27 bits per heavy atom. The average Bonchev–Trinajstić information content (AvgIpc) is 2.07. The van der Waals surface area contributed by atoms with Crippen LogP contribution in [0.3, 0.4) is 0 Å². The first-order valence-corrected chi connectivity index (χ1v) is 3.82. The van der Waals surface area contributed by atoms with Crippen LogP contribution < -0.4 is 10.3 Å². The van der Waals surface area contributed by atoms with Crippen LogP contribution in [0.15, 0.2) is 30.3 Å². The van der Waals surface area contributed by atoms with Crippen LogP contribution in [0.25, 0.3) is 0 Å². The summed E-state index contributed by atoms with van der Waals surface area (Å²) in [4.78, 5) is 5.07. The van der Waals surface area contributed by atoms with Crippen molar-refractivity contribution in [3.8, 4) is 5.75 Å². The maximum absolute atomic E-state index is 5.07. The van der Waals surface area contributed by atoms with Crippen molar-refractivity contribution in [3.63, 3.8) is 0 Å². The van der Waals surface area contributed by atoms with Crippen LogP contribution >= 0.6 is 0 Å². The third-order valence-corrected chi connectivity index (χ3v) is 1.23. The Kier molecular flexibility index (Phi) is 3.48. The van der Waals surface area contributed by atoms with Gasteiger partial charge in [-0.25, -0.2) is 0 Å². The summed E-state index contributed by atoms with van der Waals surface area (Å²) in [5, 5.41) is 0. The van der Waals surface area contributed by atoms with Crippen LogP contribution in [0.4, 0.5) is 0 Å². The van der Waals surface area contributed by atoms with Gasteiger partial charge in [0.05, 0.1) is 6.54 Å². The fourth-order valence-electron chi connectivity index (χ4n) is 0.693. The van der Waals surface area contributed by atoms with Crippen molar-refractivity contribution in [2.75, 3.05) is 6.54 Å². The van der Waals surface area contributed by atoms with E-state index in [4.69, 9.17) is 4.84 Å². The zero-order valence-corrected chi connectivity index (χ0v) is 6.66. The van der Waals surface area contributed by atoms with Gasteiger partial charge in [0.2, 0.25) is 0 Å². The van der Waals surface area contributed by atoms with Crippen molar-refractivity contribution >= 4 is 0 Å². The average molecular weight is 150 g/mol. The largest absolute Gasteiger partial charge is 0.388 e. The highest BCUT2D eigenvalue weighted by atomic mass is 16.6. The molecule has 0 saturated heterocycles. The molecule has 2 heteroatoms. The second-order valence-electron chi connectivity index (χ2n) is 2.26. The number of para-hydroxylation sites is 1. The molecule has 11 heavy (non-hydrogen) atoms. The number of benzene rings is 1. The summed E-state index contributed by atoms with van der Waals surface area (Å²) < 4.78 is 0. The molecule has 0 amide bonds. The van der Waals surface area contributed by atoms with E-state index in [1.165, 1.54) is 0 Å². The first-order chi connectivity index (χ1) is 5.43. The van der Waals surface area contributed by atoms with Gasteiger partial charge in [0.25, 0.3) is 0 Å². The molecule has 2 nitrogen and oxygen atoms in total. The van der Waals surface area contributed by atoms with Gasteiger partial charge in [-0.3, -0.25) is 0 Å². The van der Waals surface area contributed by atoms with E-state index >= 15 is 0 Å². The Bertz CT molecular complexity index is 186. The lowest BCUT2D eigenvalue weighted by Crippen LogP contribution is -2.09. The number of hydroxylamine groups is 1. The number of hydrogen-bond donors (Lipinski definition) is 0. The number of hydrogen-bond acceptors (Lipinski definition) is 1. The molecule has 0 bridgehead atoms. The molecule has 0 aliphatic heterocycles. The van der Waals surface area contributed by atoms with Gasteiger partial charge in [-0.2, -0.15) is 0 Å². The third-order valence-electron chi connectivity index (χ3n) is 1.23. The summed E-state index contributed by atoms with van der Waals surface area (Å²) in [7, 11) is 0. The Labute approximate surface area is 67.1 Å². The minimum Gasteiger partial charge on any atom is -0.388 e. The van der Waals surface area contributed by atoms with Gasteiger partial charge in [0.1, 0.15) is 5.75 Å². The predicted molar refractivity (Wildman–Crippen MR) is 44.4 cm³/mol. The molecule has 0 fully saturated rings. The molecule has 0 heterocycles. The fourth-order valence-corrected chi connectivity index (χ4v) is 0.693. The Morgan fingerprint density at radius 2 is 2.00 bits per heavy atom. The van der Waals surface area contributed by atoms with Gasteiger partial charge in [0.15, 0.2) is 0 Å². The second-order valence-corrected chi connectivity index (χ2v) is 2.26. The van der Waals surface area contributed by atoms with Crippen LogP contribution in [0, 0.1) is 0 Å². The maximum Gasteiger partial charge on any atom is 0.149 e. The maximum atomic E-state index is 5.07. The van der Waals surface area contributed by atoms with E-state index in [0.717, 1.165) is 18.7 Å². The molecular weight excluding hydrogens is 138 g/mol. The van der Waals surface area contributed by atoms with Crippen LogP contribution in [0.5, 0.6) is 5.75 Å². The minimum absolute atomic E-state index is 0.759. The molecule has 0 aliphatic carbocycles. The highest BCUT2D eigenvalue weighted by Crippen LogP contribution is 2.06. The van der Waals surface area contributed by atoms with E-state index in [2.05, 4.69) is 12.4 Å². The second kappa shape index (κ2) is 4.74. The lowest BCUT2D eigenvalue weighted by Gasteiger charge is -2.00. The summed E-state index contributed by atoms with van der Waals surface area (Å²) in [6.07, 6.45) is 1.02. The summed E-state index contributed by atoms with van der Waals surface area (Å²) in [6.45, 7) is 2.83. The normalized spacial score (nSPS) is 9.55. The summed E-state index contributed by atoms with van der Waals surface area (Å²) in [5.74, 6) is 0.806. The van der Waals surface area contributed by atoms with Gasteiger partial charge < -0.3 is 4.84 Å². The van der Waals surface area contributed by atoms with E-state index in [1.54, 1.807) is 0 Å². The minimum atomic E-state index is 0.759. The molecule has 0 atom stereocenters. The van der Waals surface area contributed by atoms with E-state index in [0.29, 0.717) is 0 Å². The SMILES string of the molecule is CCC[N]Oc1ccccc1. The van der Waals surface area contributed by atoms with E-state index in [-0.39, 0.29) is 0 Å². The van der Waals surface area contributed by atoms with Crippen molar-refractivity contribution in [3.05, 3.63) is 30.3 Å². The molecule has 1 aromatic rings. The molecule has 0 aliphatic rings. The van der Waals surface area contributed by atoms with E-state index in [9.17, 15) is 0 Å². The lowest BCUT2D eigenvalue weighted by atomic mass is 10.3. The van der Waals surface area contributed by atoms with Gasteiger partial charge in [0, 0.05) is 0 Å². The zero-order valence-electron chi connectivity index (χ0n) is 6.66. The monoisotopic (exact) mass is 150 g/mol. The van der Waals surface area contributed by atoms with Crippen molar-refractivity contribution in [1.82, 2.24) is 5.48 Å². The van der Waals surface area contributed by atoms with E-state index < -0.39 is 0 Å². The molecule has 1 aromatic carbocycles. The van der Waals surface area contributed by atoms with Crippen molar-refractivity contribution in [1.29, 1.82) is 0 Å². The van der Waals surface area contributed by atoms with Crippen LogP contribution in [0.1, 0.15) is 13.3 Å². The Morgan fingerprint density at radius 3 is 2.64 bits per heavy atom. The molecule has 0 unspecified atom stereocenters. The van der Waals surface area contributed by atoms with Crippen LogP contribution in [-0.4, -0.2) is 6.54 Å². The smallest absolute Gasteiger partial charge is 0.149 e. The van der Waals surface area contributed by atoms with Crippen molar-refractivity contribution in [2.24, 2.45) is 0 Å². The molecule has 1 radical (unpaired) electrons. The topological polar surface area (TPSA) is 23.3 Å². The first kappa shape index (κ1) is 8.08. The molecule has 0 N–H and O–H groups in total. The molecule has 59 valence electrons. The summed E-state index contributed by atoms with van der Waals surface area (Å²) in [6, 6.07) is 9.58. The van der Waals surface area contributed by atoms with Gasteiger partial charge in [-0.15, -0.1) is 0 Å². The Hall–Kier alpha value is -1.02. The van der Waals surface area contributed by atoms with Gasteiger partial charge >= 0.3 is 0 Å². The third kappa shape index (κ3) is 3.05.